The minimum Gasteiger partial charge on any atom is -0.381 e. The summed E-state index contributed by atoms with van der Waals surface area (Å²) in [5.74, 6) is 0.0273. The number of hydrogen-bond donors (Lipinski definition) is 1. The van der Waals surface area contributed by atoms with Crippen molar-refractivity contribution >= 4 is 28.3 Å². The van der Waals surface area contributed by atoms with Gasteiger partial charge in [0.05, 0.1) is 0 Å². The highest BCUT2D eigenvalue weighted by Gasteiger charge is 2.30. The van der Waals surface area contributed by atoms with Crippen LogP contribution in [0.25, 0.3) is 0 Å². The van der Waals surface area contributed by atoms with Gasteiger partial charge in [-0.05, 0) is 77.2 Å². The fourth-order valence-electron chi connectivity index (χ4n) is 2.59. The first-order valence-corrected chi connectivity index (χ1v) is 7.67. The van der Waals surface area contributed by atoms with Crippen molar-refractivity contribution in [3.05, 3.63) is 63.2 Å². The van der Waals surface area contributed by atoms with Gasteiger partial charge in [0.1, 0.15) is 11.6 Å². The van der Waals surface area contributed by atoms with Crippen LogP contribution in [-0.4, -0.2) is 6.04 Å². The first-order chi connectivity index (χ1) is 9.61. The number of nitrogens with one attached hydrogen (secondary N) is 1. The molecule has 0 aromatic heterocycles. The minimum atomic E-state index is -0.216. The van der Waals surface area contributed by atoms with Crippen molar-refractivity contribution in [2.24, 2.45) is 0 Å². The van der Waals surface area contributed by atoms with E-state index in [4.69, 9.17) is 0 Å². The summed E-state index contributed by atoms with van der Waals surface area (Å²) in [5, 5.41) is 3.42. The van der Waals surface area contributed by atoms with Gasteiger partial charge in [0.15, 0.2) is 0 Å². The molecule has 1 N–H and O–H groups in total. The second kappa shape index (κ2) is 5.68. The Hall–Kier alpha value is -1.17. The molecule has 0 radical (unpaired) electrons. The van der Waals surface area contributed by atoms with Crippen LogP contribution < -0.4 is 5.32 Å². The summed E-state index contributed by atoms with van der Waals surface area (Å²) in [4.78, 5) is 0. The molecule has 20 heavy (non-hydrogen) atoms. The van der Waals surface area contributed by atoms with E-state index in [0.717, 1.165) is 27.7 Å². The summed E-state index contributed by atoms with van der Waals surface area (Å²) >= 11 is 2.13. The van der Waals surface area contributed by atoms with Gasteiger partial charge in [-0.1, -0.05) is 12.1 Å². The molecular weight excluding hydrogens is 371 g/mol. The summed E-state index contributed by atoms with van der Waals surface area (Å²) in [6.45, 7) is 0. The number of rotatable bonds is 3. The van der Waals surface area contributed by atoms with Gasteiger partial charge in [0.25, 0.3) is 0 Å². The number of anilines is 1. The van der Waals surface area contributed by atoms with E-state index in [1.807, 2.05) is 6.07 Å². The molecule has 0 bridgehead atoms. The SMILES string of the molecule is Fc1cccc(C2CC(Nc3ccc(F)cc3I)C2)c1. The molecular formula is C16H14F2IN. The van der Waals surface area contributed by atoms with E-state index in [2.05, 4.69) is 27.9 Å². The van der Waals surface area contributed by atoms with Gasteiger partial charge in [-0.3, -0.25) is 0 Å². The average molecular weight is 385 g/mol. The van der Waals surface area contributed by atoms with Gasteiger partial charge >= 0.3 is 0 Å². The molecule has 2 aromatic rings. The Morgan fingerprint density at radius 2 is 1.75 bits per heavy atom. The van der Waals surface area contributed by atoms with E-state index in [1.165, 1.54) is 18.2 Å². The number of hydrogen-bond acceptors (Lipinski definition) is 1. The quantitative estimate of drug-likeness (QED) is 0.740. The van der Waals surface area contributed by atoms with E-state index in [9.17, 15) is 8.78 Å². The van der Waals surface area contributed by atoms with Gasteiger partial charge < -0.3 is 5.32 Å². The Morgan fingerprint density at radius 3 is 2.45 bits per heavy atom. The lowest BCUT2D eigenvalue weighted by Gasteiger charge is -2.37. The Bertz CT molecular complexity index is 624. The van der Waals surface area contributed by atoms with Crippen molar-refractivity contribution in [3.63, 3.8) is 0 Å². The van der Waals surface area contributed by atoms with Crippen LogP contribution in [0.5, 0.6) is 0 Å². The molecule has 0 saturated heterocycles. The zero-order valence-electron chi connectivity index (χ0n) is 10.7. The molecule has 1 aliphatic rings. The standard InChI is InChI=1S/C16H14F2IN/c17-12-3-1-2-10(6-12)11-7-14(8-11)20-16-5-4-13(18)9-15(16)19/h1-6,9,11,14,20H,7-8H2. The average Bonchev–Trinajstić information content (AvgIpc) is 2.35. The van der Waals surface area contributed by atoms with Crippen LogP contribution in [-0.2, 0) is 0 Å². The zero-order chi connectivity index (χ0) is 14.1. The fraction of sp³-hybridized carbons (Fsp3) is 0.250. The van der Waals surface area contributed by atoms with E-state index >= 15 is 0 Å². The normalized spacial score (nSPS) is 21.4. The molecule has 0 atom stereocenters. The Balaban J connectivity index is 1.61. The summed E-state index contributed by atoms with van der Waals surface area (Å²) in [5.41, 5.74) is 2.03. The Kier molecular flexibility index (Phi) is 3.92. The fourth-order valence-corrected chi connectivity index (χ4v) is 3.23. The van der Waals surface area contributed by atoms with Gasteiger partial charge in [-0.2, -0.15) is 0 Å². The molecule has 0 aliphatic heterocycles. The molecule has 0 amide bonds. The van der Waals surface area contributed by atoms with Crippen molar-refractivity contribution in [2.45, 2.75) is 24.8 Å². The predicted molar refractivity (Wildman–Crippen MR) is 84.9 cm³/mol. The van der Waals surface area contributed by atoms with Crippen LogP contribution >= 0.6 is 22.6 Å². The maximum Gasteiger partial charge on any atom is 0.124 e. The van der Waals surface area contributed by atoms with E-state index in [1.54, 1.807) is 18.2 Å². The van der Waals surface area contributed by atoms with Crippen molar-refractivity contribution in [2.75, 3.05) is 5.32 Å². The molecule has 1 fully saturated rings. The third kappa shape index (κ3) is 2.95. The summed E-state index contributed by atoms with van der Waals surface area (Å²) in [6, 6.07) is 12.0. The van der Waals surface area contributed by atoms with Crippen LogP contribution in [0.15, 0.2) is 42.5 Å². The van der Waals surface area contributed by atoms with E-state index < -0.39 is 0 Å². The van der Waals surface area contributed by atoms with Gasteiger partial charge in [-0.25, -0.2) is 8.78 Å². The molecule has 3 rings (SSSR count). The van der Waals surface area contributed by atoms with Crippen LogP contribution in [0.3, 0.4) is 0 Å². The van der Waals surface area contributed by atoms with Crippen molar-refractivity contribution in [1.82, 2.24) is 0 Å². The smallest absolute Gasteiger partial charge is 0.124 e. The highest BCUT2D eigenvalue weighted by molar-refractivity contribution is 14.1. The molecule has 4 heteroatoms. The first kappa shape index (κ1) is 13.8. The highest BCUT2D eigenvalue weighted by Crippen LogP contribution is 2.39. The lowest BCUT2D eigenvalue weighted by atomic mass is 9.76. The van der Waals surface area contributed by atoms with Crippen LogP contribution in [0.1, 0.15) is 24.3 Å². The van der Waals surface area contributed by atoms with Crippen LogP contribution in [0, 0.1) is 15.2 Å². The van der Waals surface area contributed by atoms with Crippen molar-refractivity contribution in [1.29, 1.82) is 0 Å². The van der Waals surface area contributed by atoms with Gasteiger partial charge in [-0.15, -0.1) is 0 Å². The Labute approximate surface area is 130 Å². The predicted octanol–water partition coefficient (Wildman–Crippen LogP) is 4.93. The monoisotopic (exact) mass is 385 g/mol. The molecule has 2 aromatic carbocycles. The molecule has 0 spiro atoms. The van der Waals surface area contributed by atoms with Gasteiger partial charge in [0, 0.05) is 15.3 Å². The van der Waals surface area contributed by atoms with Crippen LogP contribution in [0.4, 0.5) is 14.5 Å². The summed E-state index contributed by atoms with van der Waals surface area (Å²) in [7, 11) is 0. The largest absolute Gasteiger partial charge is 0.381 e. The van der Waals surface area contributed by atoms with Gasteiger partial charge in [0.2, 0.25) is 0 Å². The van der Waals surface area contributed by atoms with Crippen molar-refractivity contribution < 1.29 is 8.78 Å². The highest BCUT2D eigenvalue weighted by atomic mass is 127. The summed E-state index contributed by atoms with van der Waals surface area (Å²) in [6.07, 6.45) is 1.97. The maximum absolute atomic E-state index is 13.2. The molecule has 1 saturated carbocycles. The molecule has 0 heterocycles. The maximum atomic E-state index is 13.2. The van der Waals surface area contributed by atoms with E-state index in [-0.39, 0.29) is 11.6 Å². The molecule has 1 nitrogen and oxygen atoms in total. The number of halogens is 3. The third-order valence-corrected chi connectivity index (χ3v) is 4.64. The second-order valence-electron chi connectivity index (χ2n) is 5.19. The zero-order valence-corrected chi connectivity index (χ0v) is 12.9. The lowest BCUT2D eigenvalue weighted by molar-refractivity contribution is 0.373. The van der Waals surface area contributed by atoms with Crippen molar-refractivity contribution in [3.8, 4) is 0 Å². The molecule has 0 unspecified atom stereocenters. The number of benzene rings is 2. The van der Waals surface area contributed by atoms with E-state index in [0.29, 0.717) is 12.0 Å². The molecule has 104 valence electrons. The molecule has 1 aliphatic carbocycles. The summed E-state index contributed by atoms with van der Waals surface area (Å²) < 4.78 is 27.1. The minimum absolute atomic E-state index is 0.174. The van der Waals surface area contributed by atoms with Crippen LogP contribution in [0.2, 0.25) is 0 Å². The first-order valence-electron chi connectivity index (χ1n) is 6.59. The second-order valence-corrected chi connectivity index (χ2v) is 6.35. The topological polar surface area (TPSA) is 12.0 Å². The third-order valence-electron chi connectivity index (χ3n) is 3.75. The Morgan fingerprint density at radius 1 is 1.00 bits per heavy atom. The lowest BCUT2D eigenvalue weighted by Crippen LogP contribution is -2.34.